The Hall–Kier alpha value is -3.46. The molecule has 4 rings (SSSR count). The minimum absolute atomic E-state index is 0.117. The van der Waals surface area contributed by atoms with Crippen LogP contribution in [0.2, 0.25) is 0 Å². The third-order valence-corrected chi connectivity index (χ3v) is 8.20. The van der Waals surface area contributed by atoms with Crippen molar-refractivity contribution in [3.05, 3.63) is 59.4 Å². The van der Waals surface area contributed by atoms with Gasteiger partial charge in [-0.3, -0.25) is 19.4 Å². The highest BCUT2D eigenvalue weighted by atomic mass is 16.5. The quantitative estimate of drug-likeness (QED) is 0.337. The summed E-state index contributed by atoms with van der Waals surface area (Å²) in [6.45, 7) is 5.66. The number of carboxylic acid groups (broad SMARTS) is 1. The van der Waals surface area contributed by atoms with Crippen molar-refractivity contribution in [3.8, 4) is 5.75 Å². The van der Waals surface area contributed by atoms with Crippen molar-refractivity contribution in [3.63, 3.8) is 0 Å². The number of pyridine rings is 1. The van der Waals surface area contributed by atoms with Crippen LogP contribution in [0.15, 0.2) is 42.7 Å². The normalized spacial score (nSPS) is 18.5. The third-order valence-electron chi connectivity index (χ3n) is 8.20. The van der Waals surface area contributed by atoms with E-state index in [2.05, 4.69) is 21.7 Å². The number of aromatic nitrogens is 1. The molecule has 0 spiro atoms. The number of hydrogen-bond acceptors (Lipinski definition) is 6. The molecule has 2 aromatic rings. The van der Waals surface area contributed by atoms with Gasteiger partial charge in [0.05, 0.1) is 25.0 Å². The van der Waals surface area contributed by atoms with Gasteiger partial charge in [-0.05, 0) is 99.7 Å². The summed E-state index contributed by atoms with van der Waals surface area (Å²) in [6.07, 6.45) is 9.77. The molecule has 1 aromatic carbocycles. The van der Waals surface area contributed by atoms with Gasteiger partial charge in [-0.15, -0.1) is 0 Å². The SMILES string of the molecule is CCOc1cccc(CCc2cncc(C(CC(=O)O)NC(=O)C3CCCN(C(=O)CCC4CCNCC4)C3)c2)c1. The van der Waals surface area contributed by atoms with Gasteiger partial charge in [0.25, 0.3) is 0 Å². The number of likely N-dealkylation sites (tertiary alicyclic amines) is 1. The third kappa shape index (κ3) is 9.56. The van der Waals surface area contributed by atoms with E-state index in [0.717, 1.165) is 68.5 Å². The lowest BCUT2D eigenvalue weighted by molar-refractivity contribution is -0.138. The number of amides is 2. The minimum Gasteiger partial charge on any atom is -0.494 e. The highest BCUT2D eigenvalue weighted by Gasteiger charge is 2.30. The second-order valence-corrected chi connectivity index (χ2v) is 11.3. The lowest BCUT2D eigenvalue weighted by Crippen LogP contribution is -2.46. The van der Waals surface area contributed by atoms with E-state index >= 15 is 0 Å². The highest BCUT2D eigenvalue weighted by Crippen LogP contribution is 2.24. The lowest BCUT2D eigenvalue weighted by atomic mass is 9.92. The van der Waals surface area contributed by atoms with Gasteiger partial charge in [0.1, 0.15) is 5.75 Å². The van der Waals surface area contributed by atoms with Crippen LogP contribution in [0.1, 0.15) is 74.6 Å². The summed E-state index contributed by atoms with van der Waals surface area (Å²) < 4.78 is 5.60. The fourth-order valence-electron chi connectivity index (χ4n) is 5.87. The summed E-state index contributed by atoms with van der Waals surface area (Å²) in [6, 6.07) is 9.23. The fraction of sp³-hybridized carbons (Fsp3) is 0.562. The first-order chi connectivity index (χ1) is 19.9. The molecule has 2 atom stereocenters. The van der Waals surface area contributed by atoms with E-state index in [9.17, 15) is 19.5 Å². The number of aryl methyl sites for hydroxylation is 2. The van der Waals surface area contributed by atoms with Crippen LogP contribution < -0.4 is 15.4 Å². The second kappa shape index (κ2) is 15.5. The monoisotopic (exact) mass is 564 g/mol. The number of ether oxygens (including phenoxy) is 1. The van der Waals surface area contributed by atoms with Crippen molar-refractivity contribution < 1.29 is 24.2 Å². The van der Waals surface area contributed by atoms with Crippen LogP contribution in [0.3, 0.4) is 0 Å². The van der Waals surface area contributed by atoms with Crippen LogP contribution in [0.4, 0.5) is 0 Å². The number of aliphatic carboxylic acids is 1. The van der Waals surface area contributed by atoms with Gasteiger partial charge < -0.3 is 25.4 Å². The molecule has 0 aliphatic carbocycles. The average molecular weight is 565 g/mol. The molecule has 0 saturated carbocycles. The zero-order chi connectivity index (χ0) is 29.0. The Bertz CT molecular complexity index is 1170. The van der Waals surface area contributed by atoms with Gasteiger partial charge in [0, 0.05) is 31.9 Å². The number of nitrogens with one attached hydrogen (secondary N) is 2. The van der Waals surface area contributed by atoms with Crippen molar-refractivity contribution in [1.82, 2.24) is 20.5 Å². The predicted octanol–water partition coefficient (Wildman–Crippen LogP) is 3.92. The summed E-state index contributed by atoms with van der Waals surface area (Å²) in [4.78, 5) is 44.2. The predicted molar refractivity (Wildman–Crippen MR) is 157 cm³/mol. The molecule has 2 saturated heterocycles. The Morgan fingerprint density at radius 3 is 2.71 bits per heavy atom. The van der Waals surface area contributed by atoms with Crippen molar-refractivity contribution in [1.29, 1.82) is 0 Å². The summed E-state index contributed by atoms with van der Waals surface area (Å²) in [5.41, 5.74) is 2.79. The van der Waals surface area contributed by atoms with Crippen molar-refractivity contribution >= 4 is 17.8 Å². The van der Waals surface area contributed by atoms with E-state index in [1.54, 1.807) is 12.4 Å². The molecular formula is C32H44N4O5. The first-order valence-electron chi connectivity index (χ1n) is 15.1. The van der Waals surface area contributed by atoms with Crippen molar-refractivity contribution in [2.45, 2.75) is 70.8 Å². The molecular weight excluding hydrogens is 520 g/mol. The van der Waals surface area contributed by atoms with E-state index in [0.29, 0.717) is 44.0 Å². The zero-order valence-corrected chi connectivity index (χ0v) is 24.1. The topological polar surface area (TPSA) is 121 Å². The number of hydrogen-bond donors (Lipinski definition) is 3. The first-order valence-corrected chi connectivity index (χ1v) is 15.1. The summed E-state index contributed by atoms with van der Waals surface area (Å²) in [7, 11) is 0. The highest BCUT2D eigenvalue weighted by molar-refractivity contribution is 5.82. The molecule has 9 nitrogen and oxygen atoms in total. The Kier molecular flexibility index (Phi) is 11.5. The molecule has 3 N–H and O–H groups in total. The number of rotatable bonds is 13. The van der Waals surface area contributed by atoms with Gasteiger partial charge in [-0.2, -0.15) is 0 Å². The number of carbonyl (C=O) groups is 3. The molecule has 2 aliphatic heterocycles. The van der Waals surface area contributed by atoms with Gasteiger partial charge in [0.15, 0.2) is 0 Å². The zero-order valence-electron chi connectivity index (χ0n) is 24.1. The minimum atomic E-state index is -0.994. The van der Waals surface area contributed by atoms with Crippen LogP contribution in [0.25, 0.3) is 0 Å². The Labute approximate surface area is 243 Å². The van der Waals surface area contributed by atoms with Crippen LogP contribution >= 0.6 is 0 Å². The molecule has 3 heterocycles. The van der Waals surface area contributed by atoms with E-state index < -0.39 is 12.0 Å². The Morgan fingerprint density at radius 2 is 1.93 bits per heavy atom. The maximum atomic E-state index is 13.3. The van der Waals surface area contributed by atoms with E-state index in [1.165, 1.54) is 0 Å². The standard InChI is InChI=1S/C32H44N4O5/c1-2-41-28-7-3-5-24(18-28)8-9-25-17-27(21-34-20-25)29(19-31(38)39)35-32(40)26-6-4-16-36(22-26)30(37)11-10-23-12-14-33-15-13-23/h3,5,7,17-18,20-21,23,26,29,33H,2,4,6,8-16,19,22H2,1H3,(H,35,40)(H,38,39). The maximum absolute atomic E-state index is 13.3. The van der Waals surface area contributed by atoms with E-state index in [1.807, 2.05) is 36.1 Å². The maximum Gasteiger partial charge on any atom is 0.305 e. The number of carboxylic acids is 1. The molecule has 0 radical (unpaired) electrons. The van der Waals surface area contributed by atoms with Crippen LogP contribution in [-0.4, -0.2) is 65.6 Å². The summed E-state index contributed by atoms with van der Waals surface area (Å²) >= 11 is 0. The Morgan fingerprint density at radius 1 is 1.12 bits per heavy atom. The number of benzene rings is 1. The van der Waals surface area contributed by atoms with Crippen molar-refractivity contribution in [2.75, 3.05) is 32.8 Å². The van der Waals surface area contributed by atoms with E-state index in [-0.39, 0.29) is 24.2 Å². The number of piperidine rings is 2. The fourth-order valence-corrected chi connectivity index (χ4v) is 5.87. The van der Waals surface area contributed by atoms with Crippen LogP contribution in [0.5, 0.6) is 5.75 Å². The van der Waals surface area contributed by atoms with Crippen LogP contribution in [0, 0.1) is 11.8 Å². The summed E-state index contributed by atoms with van der Waals surface area (Å²) in [5, 5.41) is 15.9. The molecule has 2 amide bonds. The van der Waals surface area contributed by atoms with E-state index in [4.69, 9.17) is 4.74 Å². The molecule has 2 fully saturated rings. The molecule has 2 unspecified atom stereocenters. The van der Waals surface area contributed by atoms with Crippen molar-refractivity contribution in [2.24, 2.45) is 11.8 Å². The number of carbonyl (C=O) groups excluding carboxylic acids is 2. The number of nitrogens with zero attached hydrogens (tertiary/aromatic N) is 2. The van der Waals surface area contributed by atoms with Crippen LogP contribution in [-0.2, 0) is 27.2 Å². The van der Waals surface area contributed by atoms with Gasteiger partial charge in [-0.1, -0.05) is 18.2 Å². The smallest absolute Gasteiger partial charge is 0.305 e. The molecule has 41 heavy (non-hydrogen) atoms. The largest absolute Gasteiger partial charge is 0.494 e. The Balaban J connectivity index is 1.34. The van der Waals surface area contributed by atoms with Gasteiger partial charge in [0.2, 0.25) is 11.8 Å². The van der Waals surface area contributed by atoms with Gasteiger partial charge >= 0.3 is 5.97 Å². The second-order valence-electron chi connectivity index (χ2n) is 11.3. The summed E-state index contributed by atoms with van der Waals surface area (Å²) in [5.74, 6) is -0.00293. The molecule has 9 heteroatoms. The average Bonchev–Trinajstić information content (AvgIpc) is 2.99. The lowest BCUT2D eigenvalue weighted by Gasteiger charge is -2.33. The molecule has 222 valence electrons. The van der Waals surface area contributed by atoms with Gasteiger partial charge in [-0.25, -0.2) is 0 Å². The molecule has 1 aromatic heterocycles. The molecule has 2 aliphatic rings. The first kappa shape index (κ1) is 30.5. The molecule has 0 bridgehead atoms.